The highest BCUT2D eigenvalue weighted by Crippen LogP contribution is 2.15. The molecule has 0 aromatic heterocycles. The summed E-state index contributed by atoms with van der Waals surface area (Å²) in [6.45, 7) is -0.0748. The predicted octanol–water partition coefficient (Wildman–Crippen LogP) is 2.56. The third-order valence-corrected chi connectivity index (χ3v) is 3.43. The Bertz CT molecular complexity index is 730. The van der Waals surface area contributed by atoms with Crippen molar-refractivity contribution < 1.29 is 19.1 Å². The van der Waals surface area contributed by atoms with E-state index in [0.717, 1.165) is 17.7 Å². The maximum Gasteiger partial charge on any atom is 0.248 e. The van der Waals surface area contributed by atoms with Crippen LogP contribution in [0.5, 0.6) is 0 Å². The van der Waals surface area contributed by atoms with Crippen LogP contribution in [0.15, 0.2) is 66.7 Å². The predicted molar refractivity (Wildman–Crippen MR) is 93.2 cm³/mol. The molecule has 2 rings (SSSR count). The lowest BCUT2D eigenvalue weighted by Crippen LogP contribution is -2.28. The van der Waals surface area contributed by atoms with Gasteiger partial charge in [0, 0.05) is 24.4 Å². The van der Waals surface area contributed by atoms with E-state index < -0.39 is 17.6 Å². The van der Waals surface area contributed by atoms with E-state index in [-0.39, 0.29) is 12.6 Å². The van der Waals surface area contributed by atoms with Crippen LogP contribution < -0.4 is 10.6 Å². The summed E-state index contributed by atoms with van der Waals surface area (Å²) in [5.74, 6) is -1.35. The standard InChI is InChI=1S/C19H19FN2O3/c20-15-6-8-16(9-7-15)21-18(24)10-11-19(25)22-17(12-13-23)14-4-2-1-3-5-14/h1-11,17,23H,12-13H2,(H,21,24)(H,22,25)/b11-10+. The number of rotatable bonds is 7. The number of anilines is 1. The highest BCUT2D eigenvalue weighted by Gasteiger charge is 2.12. The van der Waals surface area contributed by atoms with Gasteiger partial charge in [-0.2, -0.15) is 0 Å². The number of hydrogen-bond donors (Lipinski definition) is 3. The van der Waals surface area contributed by atoms with Gasteiger partial charge in [0.2, 0.25) is 11.8 Å². The van der Waals surface area contributed by atoms with Crippen LogP contribution in [-0.2, 0) is 9.59 Å². The van der Waals surface area contributed by atoms with Crippen molar-refractivity contribution in [3.8, 4) is 0 Å². The molecule has 25 heavy (non-hydrogen) atoms. The minimum Gasteiger partial charge on any atom is -0.396 e. The lowest BCUT2D eigenvalue weighted by molar-refractivity contribution is -0.118. The lowest BCUT2D eigenvalue weighted by Gasteiger charge is -2.17. The van der Waals surface area contributed by atoms with Gasteiger partial charge in [-0.3, -0.25) is 9.59 Å². The van der Waals surface area contributed by atoms with Crippen LogP contribution in [0.1, 0.15) is 18.0 Å². The van der Waals surface area contributed by atoms with Crippen molar-refractivity contribution in [1.82, 2.24) is 5.32 Å². The van der Waals surface area contributed by atoms with Crippen molar-refractivity contribution in [3.63, 3.8) is 0 Å². The third kappa shape index (κ3) is 6.19. The molecule has 0 radical (unpaired) electrons. The first kappa shape index (κ1) is 18.4. The fourth-order valence-corrected chi connectivity index (χ4v) is 2.22. The smallest absolute Gasteiger partial charge is 0.248 e. The Kier molecular flexibility index (Phi) is 6.86. The summed E-state index contributed by atoms with van der Waals surface area (Å²) in [7, 11) is 0. The topological polar surface area (TPSA) is 78.4 Å². The number of aliphatic hydroxyl groups excluding tert-OH is 1. The quantitative estimate of drug-likeness (QED) is 0.677. The van der Waals surface area contributed by atoms with Gasteiger partial charge in [0.05, 0.1) is 6.04 Å². The molecule has 3 N–H and O–H groups in total. The summed E-state index contributed by atoms with van der Waals surface area (Å²) in [6, 6.07) is 14.2. The number of hydrogen-bond acceptors (Lipinski definition) is 3. The maximum absolute atomic E-state index is 12.8. The summed E-state index contributed by atoms with van der Waals surface area (Å²) < 4.78 is 12.8. The van der Waals surface area contributed by atoms with E-state index in [4.69, 9.17) is 5.11 Å². The Morgan fingerprint density at radius 3 is 2.28 bits per heavy atom. The summed E-state index contributed by atoms with van der Waals surface area (Å²) >= 11 is 0. The number of nitrogens with one attached hydrogen (secondary N) is 2. The molecule has 1 unspecified atom stereocenters. The van der Waals surface area contributed by atoms with Crippen molar-refractivity contribution in [3.05, 3.63) is 78.1 Å². The highest BCUT2D eigenvalue weighted by molar-refractivity contribution is 6.03. The van der Waals surface area contributed by atoms with E-state index in [1.807, 2.05) is 30.3 Å². The highest BCUT2D eigenvalue weighted by atomic mass is 19.1. The summed E-state index contributed by atoms with van der Waals surface area (Å²) in [5.41, 5.74) is 1.30. The second kappa shape index (κ2) is 9.34. The lowest BCUT2D eigenvalue weighted by atomic mass is 10.0. The number of benzene rings is 2. The van der Waals surface area contributed by atoms with Gasteiger partial charge >= 0.3 is 0 Å². The molecule has 0 bridgehead atoms. The van der Waals surface area contributed by atoms with Gasteiger partial charge in [0.1, 0.15) is 5.82 Å². The van der Waals surface area contributed by atoms with Crippen molar-refractivity contribution in [2.75, 3.05) is 11.9 Å². The minimum atomic E-state index is -0.500. The molecule has 5 nitrogen and oxygen atoms in total. The van der Waals surface area contributed by atoms with Gasteiger partial charge in [-0.15, -0.1) is 0 Å². The van der Waals surface area contributed by atoms with Gasteiger partial charge in [0.25, 0.3) is 0 Å². The second-order valence-electron chi connectivity index (χ2n) is 5.31. The van der Waals surface area contributed by atoms with Crippen LogP contribution in [0.3, 0.4) is 0 Å². The zero-order valence-electron chi connectivity index (χ0n) is 13.5. The first-order valence-corrected chi connectivity index (χ1v) is 7.79. The monoisotopic (exact) mass is 342 g/mol. The summed E-state index contributed by atoms with van der Waals surface area (Å²) in [6.07, 6.45) is 2.58. The number of carbonyl (C=O) groups is 2. The van der Waals surface area contributed by atoms with E-state index in [1.165, 1.54) is 24.3 Å². The van der Waals surface area contributed by atoms with Gasteiger partial charge in [-0.05, 0) is 36.2 Å². The van der Waals surface area contributed by atoms with Gasteiger partial charge in [-0.1, -0.05) is 30.3 Å². The van der Waals surface area contributed by atoms with Crippen LogP contribution in [0.2, 0.25) is 0 Å². The zero-order chi connectivity index (χ0) is 18.1. The average Bonchev–Trinajstić information content (AvgIpc) is 2.62. The SMILES string of the molecule is O=C(/C=C/C(=O)NC(CCO)c1ccccc1)Nc1ccc(F)cc1. The van der Waals surface area contributed by atoms with Gasteiger partial charge in [0.15, 0.2) is 0 Å². The van der Waals surface area contributed by atoms with Gasteiger partial charge < -0.3 is 15.7 Å². The van der Waals surface area contributed by atoms with Crippen LogP contribution in [0.4, 0.5) is 10.1 Å². The molecule has 0 aliphatic heterocycles. The third-order valence-electron chi connectivity index (χ3n) is 3.43. The minimum absolute atomic E-state index is 0.0748. The number of aliphatic hydroxyl groups is 1. The van der Waals surface area contributed by atoms with Crippen molar-refractivity contribution >= 4 is 17.5 Å². The van der Waals surface area contributed by atoms with E-state index >= 15 is 0 Å². The molecule has 0 fully saturated rings. The second-order valence-corrected chi connectivity index (χ2v) is 5.31. The average molecular weight is 342 g/mol. The first-order valence-electron chi connectivity index (χ1n) is 7.79. The Labute approximate surface area is 145 Å². The fraction of sp³-hybridized carbons (Fsp3) is 0.158. The van der Waals surface area contributed by atoms with Crippen LogP contribution in [0, 0.1) is 5.82 Å². The Morgan fingerprint density at radius 2 is 1.64 bits per heavy atom. The van der Waals surface area contributed by atoms with Crippen molar-refractivity contribution in [2.24, 2.45) is 0 Å². The normalized spacial score (nSPS) is 11.9. The molecule has 0 aliphatic rings. The number of carbonyl (C=O) groups excluding carboxylic acids is 2. The summed E-state index contributed by atoms with van der Waals surface area (Å²) in [5, 5.41) is 14.4. The molecule has 0 saturated heterocycles. The van der Waals surface area contributed by atoms with Crippen LogP contribution in [-0.4, -0.2) is 23.5 Å². The molecular weight excluding hydrogens is 323 g/mol. The van der Waals surface area contributed by atoms with E-state index in [1.54, 1.807) is 0 Å². The van der Waals surface area contributed by atoms with Gasteiger partial charge in [-0.25, -0.2) is 4.39 Å². The molecule has 2 amide bonds. The molecule has 2 aromatic carbocycles. The fourth-order valence-electron chi connectivity index (χ4n) is 2.22. The summed E-state index contributed by atoms with van der Waals surface area (Å²) in [4.78, 5) is 23.8. The molecule has 130 valence electrons. The Balaban J connectivity index is 1.91. The molecule has 0 saturated carbocycles. The Morgan fingerprint density at radius 1 is 1.00 bits per heavy atom. The molecule has 0 heterocycles. The largest absolute Gasteiger partial charge is 0.396 e. The van der Waals surface area contributed by atoms with Crippen molar-refractivity contribution in [1.29, 1.82) is 0 Å². The van der Waals surface area contributed by atoms with E-state index in [2.05, 4.69) is 10.6 Å². The molecular formula is C19H19FN2O3. The van der Waals surface area contributed by atoms with Crippen LogP contribution >= 0.6 is 0 Å². The van der Waals surface area contributed by atoms with Crippen LogP contribution in [0.25, 0.3) is 0 Å². The zero-order valence-corrected chi connectivity index (χ0v) is 13.5. The number of amides is 2. The van der Waals surface area contributed by atoms with E-state index in [0.29, 0.717) is 12.1 Å². The Hall–Kier alpha value is -2.99. The maximum atomic E-state index is 12.8. The molecule has 6 heteroatoms. The number of halogens is 1. The van der Waals surface area contributed by atoms with Crippen molar-refractivity contribution in [2.45, 2.75) is 12.5 Å². The molecule has 0 spiro atoms. The molecule has 1 atom stereocenters. The molecule has 2 aromatic rings. The first-order chi connectivity index (χ1) is 12.1. The van der Waals surface area contributed by atoms with E-state index in [9.17, 15) is 14.0 Å². The molecule has 0 aliphatic carbocycles.